The number of para-hydroxylation sites is 1. The van der Waals surface area contributed by atoms with Gasteiger partial charge in [0.05, 0.1) is 6.54 Å². The number of nitrogens with zero attached hydrogens (tertiary/aromatic N) is 2. The van der Waals surface area contributed by atoms with Gasteiger partial charge in [-0.25, -0.2) is 4.99 Å². The number of aliphatic imine (C=N–C) groups is 1. The summed E-state index contributed by atoms with van der Waals surface area (Å²) in [6, 6.07) is 13.5. The average Bonchev–Trinajstić information content (AvgIpc) is 2.83. The second-order valence-corrected chi connectivity index (χ2v) is 8.27. The number of piperidine rings is 1. The fourth-order valence-electron chi connectivity index (χ4n) is 3.92. The average molecular weight is 454 g/mol. The van der Waals surface area contributed by atoms with Crippen LogP contribution in [-0.4, -0.2) is 53.8 Å². The quantitative estimate of drug-likeness (QED) is 0.296. The van der Waals surface area contributed by atoms with Gasteiger partial charge in [-0.15, -0.1) is 0 Å². The maximum atomic E-state index is 12.5. The van der Waals surface area contributed by atoms with Crippen molar-refractivity contribution in [2.45, 2.75) is 31.8 Å². The molecule has 7 N–H and O–H groups in total. The molecule has 2 aromatic carbocycles. The predicted octanol–water partition coefficient (Wildman–Crippen LogP) is 1.09. The monoisotopic (exact) mass is 453 g/mol. The Balaban J connectivity index is 1.61. The number of hydrogen-bond acceptors (Lipinski definition) is 6. The van der Waals surface area contributed by atoms with Gasteiger partial charge in [0, 0.05) is 30.9 Å². The standard InChI is InChI=1S/C24H31N5O4/c25-20(23(32)33)12-16-7-9-18(10-8-16)22(31)28-24(26)27-13-19-5-1-2-6-21(19)29-11-3-4-17(14-29)15-30/h1-2,5-10,17,20,30H,3-4,11-15,25H2,(H,32,33)(H3,26,27,28,31)/t17?,20-/m0/s1. The van der Waals surface area contributed by atoms with E-state index in [1.807, 2.05) is 24.3 Å². The van der Waals surface area contributed by atoms with E-state index in [4.69, 9.17) is 16.6 Å². The lowest BCUT2D eigenvalue weighted by Gasteiger charge is -2.34. The van der Waals surface area contributed by atoms with Crippen molar-refractivity contribution in [3.63, 3.8) is 0 Å². The van der Waals surface area contributed by atoms with Gasteiger partial charge in [-0.2, -0.15) is 0 Å². The van der Waals surface area contributed by atoms with Crippen LogP contribution >= 0.6 is 0 Å². The molecule has 0 radical (unpaired) electrons. The molecule has 3 rings (SSSR count). The SMILES string of the molecule is NC(=NCc1ccccc1N1CCCC(CO)C1)NC(=O)c1ccc(C[C@H](N)C(=O)O)cc1. The Morgan fingerprint density at radius 3 is 2.61 bits per heavy atom. The third-order valence-electron chi connectivity index (χ3n) is 5.76. The van der Waals surface area contributed by atoms with Gasteiger partial charge in [0.1, 0.15) is 6.04 Å². The van der Waals surface area contributed by atoms with Gasteiger partial charge in [0.2, 0.25) is 0 Å². The summed E-state index contributed by atoms with van der Waals surface area (Å²) in [6.45, 7) is 2.23. The summed E-state index contributed by atoms with van der Waals surface area (Å²) < 4.78 is 0. The number of hydrogen-bond donors (Lipinski definition) is 5. The van der Waals surface area contributed by atoms with Gasteiger partial charge in [-0.3, -0.25) is 14.9 Å². The highest BCUT2D eigenvalue weighted by molar-refractivity contribution is 6.05. The van der Waals surface area contributed by atoms with E-state index in [1.165, 1.54) is 0 Å². The molecule has 9 heteroatoms. The topological polar surface area (TPSA) is 154 Å². The molecule has 1 heterocycles. The van der Waals surface area contributed by atoms with E-state index in [9.17, 15) is 14.7 Å². The second-order valence-electron chi connectivity index (χ2n) is 8.27. The minimum atomic E-state index is -1.07. The highest BCUT2D eigenvalue weighted by atomic mass is 16.4. The van der Waals surface area contributed by atoms with Gasteiger partial charge in [0.15, 0.2) is 5.96 Å². The number of anilines is 1. The van der Waals surface area contributed by atoms with Gasteiger partial charge < -0.3 is 26.6 Å². The van der Waals surface area contributed by atoms with Crippen LogP contribution in [0.3, 0.4) is 0 Å². The van der Waals surface area contributed by atoms with E-state index in [1.54, 1.807) is 24.3 Å². The molecule has 2 aromatic rings. The van der Waals surface area contributed by atoms with E-state index in [2.05, 4.69) is 15.2 Å². The Bertz CT molecular complexity index is 993. The Kier molecular flexibility index (Phi) is 8.39. The summed E-state index contributed by atoms with van der Waals surface area (Å²) in [5.74, 6) is -1.19. The van der Waals surface area contributed by atoms with Gasteiger partial charge >= 0.3 is 5.97 Å². The molecule has 0 aromatic heterocycles. The summed E-state index contributed by atoms with van der Waals surface area (Å²) in [5.41, 5.74) is 14.6. The number of rotatable bonds is 8. The maximum Gasteiger partial charge on any atom is 0.320 e. The van der Waals surface area contributed by atoms with Gasteiger partial charge in [0.25, 0.3) is 5.91 Å². The molecule has 1 amide bonds. The van der Waals surface area contributed by atoms with Crippen molar-refractivity contribution in [2.75, 3.05) is 24.6 Å². The third kappa shape index (κ3) is 6.77. The lowest BCUT2D eigenvalue weighted by molar-refractivity contribution is -0.138. The van der Waals surface area contributed by atoms with E-state index < -0.39 is 17.9 Å². The van der Waals surface area contributed by atoms with E-state index in [-0.39, 0.29) is 24.9 Å². The number of nitrogens with two attached hydrogens (primary N) is 2. The highest BCUT2D eigenvalue weighted by Crippen LogP contribution is 2.26. The maximum absolute atomic E-state index is 12.5. The van der Waals surface area contributed by atoms with Crippen molar-refractivity contribution < 1.29 is 19.8 Å². The first-order chi connectivity index (χ1) is 15.9. The number of carbonyl (C=O) groups is 2. The summed E-state index contributed by atoms with van der Waals surface area (Å²) in [5, 5.41) is 21.0. The molecule has 33 heavy (non-hydrogen) atoms. The van der Waals surface area contributed by atoms with Crippen LogP contribution in [0.2, 0.25) is 0 Å². The smallest absolute Gasteiger partial charge is 0.320 e. The molecule has 0 bridgehead atoms. The number of nitrogens with one attached hydrogen (secondary N) is 1. The van der Waals surface area contributed by atoms with Crippen LogP contribution in [0.5, 0.6) is 0 Å². The van der Waals surface area contributed by atoms with E-state index in [0.717, 1.165) is 42.7 Å². The lowest BCUT2D eigenvalue weighted by atomic mass is 9.97. The van der Waals surface area contributed by atoms with Crippen molar-refractivity contribution in [1.29, 1.82) is 0 Å². The van der Waals surface area contributed by atoms with Crippen molar-refractivity contribution in [1.82, 2.24) is 5.32 Å². The number of carbonyl (C=O) groups excluding carboxylic acids is 1. The predicted molar refractivity (Wildman–Crippen MR) is 127 cm³/mol. The van der Waals surface area contributed by atoms with E-state index >= 15 is 0 Å². The van der Waals surface area contributed by atoms with Crippen molar-refractivity contribution in [3.05, 3.63) is 65.2 Å². The summed E-state index contributed by atoms with van der Waals surface area (Å²) >= 11 is 0. The van der Waals surface area contributed by atoms with Crippen LogP contribution in [0.15, 0.2) is 53.5 Å². The van der Waals surface area contributed by atoms with Crippen LogP contribution in [-0.2, 0) is 17.8 Å². The zero-order valence-corrected chi connectivity index (χ0v) is 18.5. The normalized spacial score (nSPS) is 17.5. The van der Waals surface area contributed by atoms with Crippen molar-refractivity contribution >= 4 is 23.5 Å². The van der Waals surface area contributed by atoms with E-state index in [0.29, 0.717) is 12.1 Å². The zero-order chi connectivity index (χ0) is 23.8. The minimum absolute atomic E-state index is 0.0126. The first-order valence-corrected chi connectivity index (χ1v) is 11.0. The zero-order valence-electron chi connectivity index (χ0n) is 18.5. The molecular weight excluding hydrogens is 422 g/mol. The fourth-order valence-corrected chi connectivity index (χ4v) is 3.92. The Morgan fingerprint density at radius 1 is 1.18 bits per heavy atom. The molecule has 2 atom stereocenters. The lowest BCUT2D eigenvalue weighted by Crippen LogP contribution is -2.38. The second kappa shape index (κ2) is 11.4. The molecule has 1 fully saturated rings. The number of aliphatic carboxylic acids is 1. The largest absolute Gasteiger partial charge is 0.480 e. The molecule has 1 saturated heterocycles. The Morgan fingerprint density at radius 2 is 1.91 bits per heavy atom. The third-order valence-corrected chi connectivity index (χ3v) is 5.76. The molecule has 0 spiro atoms. The molecular formula is C24H31N5O4. The summed E-state index contributed by atoms with van der Waals surface area (Å²) in [7, 11) is 0. The molecule has 1 aliphatic heterocycles. The Labute approximate surface area is 193 Å². The number of carboxylic acids is 1. The molecule has 1 aliphatic rings. The number of guanidine groups is 1. The number of benzene rings is 2. The minimum Gasteiger partial charge on any atom is -0.480 e. The van der Waals surface area contributed by atoms with Crippen LogP contribution in [0.25, 0.3) is 0 Å². The summed E-state index contributed by atoms with van der Waals surface area (Å²) in [6.07, 6.45) is 2.23. The molecule has 0 saturated carbocycles. The Hall–Kier alpha value is -3.43. The number of aliphatic hydroxyl groups excluding tert-OH is 1. The molecule has 176 valence electrons. The fraction of sp³-hybridized carbons (Fsp3) is 0.375. The first-order valence-electron chi connectivity index (χ1n) is 11.0. The van der Waals surface area contributed by atoms with Crippen molar-refractivity contribution in [3.8, 4) is 0 Å². The number of amides is 1. The van der Waals surface area contributed by atoms with Crippen LogP contribution in [0, 0.1) is 5.92 Å². The molecule has 9 nitrogen and oxygen atoms in total. The van der Waals surface area contributed by atoms with Crippen LogP contribution in [0.4, 0.5) is 5.69 Å². The first kappa shape index (κ1) is 24.2. The van der Waals surface area contributed by atoms with Crippen molar-refractivity contribution in [2.24, 2.45) is 22.4 Å². The number of aliphatic hydroxyl groups is 1. The number of carboxylic acid groups (broad SMARTS) is 1. The van der Waals surface area contributed by atoms with Crippen LogP contribution < -0.4 is 21.7 Å². The van der Waals surface area contributed by atoms with Crippen LogP contribution in [0.1, 0.15) is 34.3 Å². The van der Waals surface area contributed by atoms with Gasteiger partial charge in [-0.05, 0) is 54.5 Å². The van der Waals surface area contributed by atoms with Gasteiger partial charge in [-0.1, -0.05) is 30.3 Å². The molecule has 0 aliphatic carbocycles. The summed E-state index contributed by atoms with van der Waals surface area (Å²) in [4.78, 5) is 29.9. The highest BCUT2D eigenvalue weighted by Gasteiger charge is 2.21. The molecule has 1 unspecified atom stereocenters.